The highest BCUT2D eigenvalue weighted by molar-refractivity contribution is 8.01. The first-order valence-electron chi connectivity index (χ1n) is 4.79. The number of thioether (sulfide) groups is 1. The maximum absolute atomic E-state index is 12.1. The molecule has 1 saturated heterocycles. The van der Waals surface area contributed by atoms with E-state index in [4.69, 9.17) is 0 Å². The van der Waals surface area contributed by atoms with Crippen LogP contribution in [0, 0.1) is 0 Å². The van der Waals surface area contributed by atoms with E-state index < -0.39 is 11.4 Å². The van der Waals surface area contributed by atoms with E-state index in [-0.39, 0.29) is 4.75 Å². The van der Waals surface area contributed by atoms with Crippen LogP contribution in [-0.2, 0) is 11.4 Å². The molecule has 82 valence electrons. The quantitative estimate of drug-likeness (QED) is 0.742. The number of aromatic nitrogens is 1. The smallest absolute Gasteiger partial charge is 0.192 e. The first-order chi connectivity index (χ1) is 7.08. The van der Waals surface area contributed by atoms with Gasteiger partial charge in [0.05, 0.1) is 30.0 Å². The molecule has 1 aliphatic heterocycles. The molecule has 2 rings (SSSR count). The van der Waals surface area contributed by atoms with E-state index in [1.165, 1.54) is 0 Å². The van der Waals surface area contributed by atoms with E-state index in [9.17, 15) is 4.55 Å². The molecule has 2 heterocycles. The van der Waals surface area contributed by atoms with Gasteiger partial charge in [0.2, 0.25) is 0 Å². The third-order valence-electron chi connectivity index (χ3n) is 2.23. The van der Waals surface area contributed by atoms with Crippen molar-refractivity contribution in [1.82, 2.24) is 9.29 Å². The molecular formula is C10H14N2OS2. The largest absolute Gasteiger partial charge is 0.593 e. The molecule has 0 saturated carbocycles. The van der Waals surface area contributed by atoms with Gasteiger partial charge in [0, 0.05) is 10.9 Å². The van der Waals surface area contributed by atoms with Gasteiger partial charge < -0.3 is 4.55 Å². The molecule has 1 aromatic rings. The van der Waals surface area contributed by atoms with Gasteiger partial charge in [-0.15, -0.1) is 16.1 Å². The number of hydrogen-bond acceptors (Lipinski definition) is 4. The Morgan fingerprint density at radius 1 is 1.60 bits per heavy atom. The zero-order chi connectivity index (χ0) is 10.9. The number of nitrogens with zero attached hydrogens (tertiary/aromatic N) is 2. The molecule has 0 N–H and O–H groups in total. The molecule has 1 atom stereocenters. The predicted octanol–water partition coefficient (Wildman–Crippen LogP) is 1.89. The van der Waals surface area contributed by atoms with Crippen LogP contribution in [0.4, 0.5) is 0 Å². The lowest BCUT2D eigenvalue weighted by atomic mass is 10.2. The molecule has 0 aliphatic carbocycles. The van der Waals surface area contributed by atoms with Crippen molar-refractivity contribution in [3.63, 3.8) is 0 Å². The molecule has 1 aliphatic rings. The molecule has 0 spiro atoms. The van der Waals surface area contributed by atoms with Crippen molar-refractivity contribution >= 4 is 23.1 Å². The lowest BCUT2D eigenvalue weighted by Gasteiger charge is -2.19. The summed E-state index contributed by atoms with van der Waals surface area (Å²) in [6, 6.07) is 3.68. The fourth-order valence-corrected chi connectivity index (χ4v) is 4.01. The van der Waals surface area contributed by atoms with Gasteiger partial charge in [-0.2, -0.15) is 0 Å². The van der Waals surface area contributed by atoms with Crippen LogP contribution in [0.5, 0.6) is 0 Å². The number of rotatable bonds is 2. The maximum atomic E-state index is 12.1. The summed E-state index contributed by atoms with van der Waals surface area (Å²) >= 11 is 0.788. The second kappa shape index (κ2) is 4.33. The normalized spacial score (nSPS) is 22.9. The van der Waals surface area contributed by atoms with Crippen LogP contribution in [-0.4, -0.2) is 31.0 Å². The van der Waals surface area contributed by atoms with Crippen LogP contribution in [0.3, 0.4) is 0 Å². The fraction of sp³-hybridized carbons (Fsp3) is 0.500. The van der Waals surface area contributed by atoms with E-state index in [1.807, 2.05) is 28.2 Å². The van der Waals surface area contributed by atoms with E-state index >= 15 is 0 Å². The van der Waals surface area contributed by atoms with E-state index in [1.54, 1.807) is 12.4 Å². The van der Waals surface area contributed by atoms with Crippen molar-refractivity contribution in [2.75, 3.05) is 12.4 Å². The Kier molecular flexibility index (Phi) is 3.25. The third kappa shape index (κ3) is 2.66. The highest BCUT2D eigenvalue weighted by Crippen LogP contribution is 2.35. The van der Waals surface area contributed by atoms with Gasteiger partial charge in [-0.05, 0) is 26.0 Å². The minimum absolute atomic E-state index is 0.206. The maximum Gasteiger partial charge on any atom is 0.192 e. The summed E-state index contributed by atoms with van der Waals surface area (Å²) in [5, 5.41) is 0. The van der Waals surface area contributed by atoms with Crippen molar-refractivity contribution < 1.29 is 4.55 Å². The van der Waals surface area contributed by atoms with Gasteiger partial charge >= 0.3 is 0 Å². The van der Waals surface area contributed by atoms with Crippen molar-refractivity contribution in [2.24, 2.45) is 0 Å². The Hall–Kier alpha value is -0.230. The highest BCUT2D eigenvalue weighted by Gasteiger charge is 2.37. The van der Waals surface area contributed by atoms with E-state index in [0.717, 1.165) is 17.3 Å². The topological polar surface area (TPSA) is 39.2 Å². The summed E-state index contributed by atoms with van der Waals surface area (Å²) in [6.45, 7) is 5.22. The molecule has 15 heavy (non-hydrogen) atoms. The zero-order valence-electron chi connectivity index (χ0n) is 8.84. The molecule has 0 bridgehead atoms. The monoisotopic (exact) mass is 242 g/mol. The molecular weight excluding hydrogens is 228 g/mol. The molecule has 3 nitrogen and oxygen atoms in total. The first kappa shape index (κ1) is 11.3. The first-order valence-corrected chi connectivity index (χ1v) is 6.88. The van der Waals surface area contributed by atoms with Gasteiger partial charge in [0.1, 0.15) is 0 Å². The summed E-state index contributed by atoms with van der Waals surface area (Å²) in [7, 11) is 0. The number of hydrogen-bond donors (Lipinski definition) is 0. The van der Waals surface area contributed by atoms with Gasteiger partial charge in [0.15, 0.2) is 4.90 Å². The molecule has 0 aromatic carbocycles. The summed E-state index contributed by atoms with van der Waals surface area (Å²) in [6.07, 6.45) is 3.37. The van der Waals surface area contributed by atoms with Crippen LogP contribution >= 0.6 is 11.8 Å². The average molecular weight is 242 g/mol. The lowest BCUT2D eigenvalue weighted by molar-refractivity contribution is 0.450. The second-order valence-electron chi connectivity index (χ2n) is 4.11. The molecule has 0 amide bonds. The van der Waals surface area contributed by atoms with Gasteiger partial charge in [-0.3, -0.25) is 4.98 Å². The Bertz CT molecular complexity index is 331. The average Bonchev–Trinajstić information content (AvgIpc) is 2.59. The van der Waals surface area contributed by atoms with Crippen LogP contribution in [0.1, 0.15) is 13.8 Å². The van der Waals surface area contributed by atoms with Crippen molar-refractivity contribution in [2.45, 2.75) is 23.5 Å². The van der Waals surface area contributed by atoms with Gasteiger partial charge in [-0.1, -0.05) is 0 Å². The minimum atomic E-state index is -1.06. The zero-order valence-corrected chi connectivity index (χ0v) is 10.5. The lowest BCUT2D eigenvalue weighted by Crippen LogP contribution is -2.32. The predicted molar refractivity (Wildman–Crippen MR) is 63.9 cm³/mol. The molecule has 0 unspecified atom stereocenters. The van der Waals surface area contributed by atoms with Gasteiger partial charge in [0.25, 0.3) is 0 Å². The third-order valence-corrected chi connectivity index (χ3v) is 5.11. The Balaban J connectivity index is 2.07. The Labute approximate surface area is 97.6 Å². The van der Waals surface area contributed by atoms with Crippen LogP contribution in [0.2, 0.25) is 0 Å². The summed E-state index contributed by atoms with van der Waals surface area (Å²) in [5.74, 6) is 0.828. The Morgan fingerprint density at radius 2 is 2.40 bits per heavy atom. The SMILES string of the molecule is CC1(C)CN([S@+]([O-])c2cccnc2)CS1. The molecule has 1 fully saturated rings. The van der Waals surface area contributed by atoms with Crippen LogP contribution in [0.25, 0.3) is 0 Å². The molecule has 5 heteroatoms. The summed E-state index contributed by atoms with van der Waals surface area (Å²) < 4.78 is 14.3. The van der Waals surface area contributed by atoms with Crippen molar-refractivity contribution in [3.8, 4) is 0 Å². The molecule has 0 radical (unpaired) electrons. The fourth-order valence-electron chi connectivity index (χ4n) is 1.47. The second-order valence-corrected chi connectivity index (χ2v) is 7.25. The van der Waals surface area contributed by atoms with Crippen molar-refractivity contribution in [1.29, 1.82) is 0 Å². The van der Waals surface area contributed by atoms with E-state index in [2.05, 4.69) is 18.8 Å². The van der Waals surface area contributed by atoms with E-state index in [0.29, 0.717) is 0 Å². The molecule has 1 aromatic heterocycles. The highest BCUT2D eigenvalue weighted by atomic mass is 32.2. The summed E-state index contributed by atoms with van der Waals surface area (Å²) in [4.78, 5) is 4.77. The Morgan fingerprint density at radius 3 is 2.93 bits per heavy atom. The number of pyridine rings is 1. The minimum Gasteiger partial charge on any atom is -0.593 e. The van der Waals surface area contributed by atoms with Crippen LogP contribution < -0.4 is 0 Å². The van der Waals surface area contributed by atoms with Gasteiger partial charge in [-0.25, -0.2) is 0 Å². The summed E-state index contributed by atoms with van der Waals surface area (Å²) in [5.41, 5.74) is 0. The van der Waals surface area contributed by atoms with Crippen LogP contribution in [0.15, 0.2) is 29.4 Å². The standard InChI is InChI=1S/C10H14N2OS2/c1-10(2)7-12(8-14-10)15(13)9-4-3-5-11-6-9/h3-6H,7-8H2,1-2H3/t15-/m1/s1. The van der Waals surface area contributed by atoms with Crippen molar-refractivity contribution in [3.05, 3.63) is 24.5 Å².